The third kappa shape index (κ3) is 2.61. The van der Waals surface area contributed by atoms with E-state index in [0.717, 1.165) is 11.8 Å². The van der Waals surface area contributed by atoms with Gasteiger partial charge in [-0.25, -0.2) is 0 Å². The lowest BCUT2D eigenvalue weighted by Gasteiger charge is -2.37. The smallest absolute Gasteiger partial charge is 0.0108 e. The van der Waals surface area contributed by atoms with E-state index in [4.69, 9.17) is 5.73 Å². The van der Waals surface area contributed by atoms with Crippen molar-refractivity contribution in [2.75, 3.05) is 0 Å². The Balaban J connectivity index is 2.27. The number of nitrogens with two attached hydrogens (primary N) is 1. The maximum Gasteiger partial charge on any atom is 0.0108 e. The molecular formula is C17H27N. The first kappa shape index (κ1) is 13.6. The van der Waals surface area contributed by atoms with Crippen molar-refractivity contribution >= 4 is 0 Å². The third-order valence-corrected chi connectivity index (χ3v) is 4.93. The van der Waals surface area contributed by atoms with Crippen LogP contribution in [0.1, 0.15) is 55.7 Å². The van der Waals surface area contributed by atoms with Gasteiger partial charge in [-0.15, -0.1) is 0 Å². The van der Waals surface area contributed by atoms with E-state index in [1.54, 1.807) is 0 Å². The van der Waals surface area contributed by atoms with Crippen LogP contribution in [-0.2, 0) is 0 Å². The van der Waals surface area contributed by atoms with E-state index >= 15 is 0 Å². The maximum absolute atomic E-state index is 6.39. The molecule has 0 aromatic heterocycles. The monoisotopic (exact) mass is 245 g/mol. The van der Waals surface area contributed by atoms with Crippen LogP contribution < -0.4 is 5.73 Å². The molecule has 18 heavy (non-hydrogen) atoms. The van der Waals surface area contributed by atoms with Gasteiger partial charge in [0.2, 0.25) is 0 Å². The molecule has 0 spiro atoms. The predicted octanol–water partition coefficient (Wildman–Crippen LogP) is 4.17. The molecule has 2 N–H and O–H groups in total. The van der Waals surface area contributed by atoms with Crippen molar-refractivity contribution in [1.82, 2.24) is 0 Å². The molecule has 0 bridgehead atoms. The highest BCUT2D eigenvalue weighted by atomic mass is 14.7. The summed E-state index contributed by atoms with van der Waals surface area (Å²) < 4.78 is 0. The maximum atomic E-state index is 6.39. The summed E-state index contributed by atoms with van der Waals surface area (Å²) in [5, 5.41) is 0. The number of aryl methyl sites for hydroxylation is 1. The van der Waals surface area contributed by atoms with Crippen LogP contribution >= 0.6 is 0 Å². The van der Waals surface area contributed by atoms with Crippen molar-refractivity contribution in [3.05, 3.63) is 34.9 Å². The topological polar surface area (TPSA) is 26.0 Å². The Labute approximate surface area is 112 Å². The van der Waals surface area contributed by atoms with E-state index in [-0.39, 0.29) is 0 Å². The molecule has 3 unspecified atom stereocenters. The molecule has 0 aliphatic heterocycles. The van der Waals surface area contributed by atoms with Crippen LogP contribution in [-0.4, -0.2) is 6.04 Å². The highest BCUT2D eigenvalue weighted by molar-refractivity contribution is 5.36. The van der Waals surface area contributed by atoms with Crippen molar-refractivity contribution < 1.29 is 0 Å². The van der Waals surface area contributed by atoms with E-state index in [9.17, 15) is 0 Å². The average molecular weight is 245 g/mol. The molecular weight excluding hydrogens is 218 g/mol. The molecule has 1 saturated carbocycles. The van der Waals surface area contributed by atoms with Gasteiger partial charge in [0, 0.05) is 6.04 Å². The molecule has 3 atom stereocenters. The first-order valence-corrected chi connectivity index (χ1v) is 7.32. The second-order valence-corrected chi connectivity index (χ2v) is 6.38. The normalized spacial score (nSPS) is 28.7. The largest absolute Gasteiger partial charge is 0.327 e. The van der Waals surface area contributed by atoms with Crippen LogP contribution in [0.5, 0.6) is 0 Å². The molecule has 1 aromatic carbocycles. The average Bonchev–Trinajstić information content (AvgIpc) is 2.33. The van der Waals surface area contributed by atoms with Crippen molar-refractivity contribution in [2.45, 2.75) is 58.9 Å². The highest BCUT2D eigenvalue weighted by Crippen LogP contribution is 2.40. The first-order valence-electron chi connectivity index (χ1n) is 7.32. The van der Waals surface area contributed by atoms with E-state index in [1.165, 1.54) is 36.0 Å². The molecule has 2 rings (SSSR count). The summed E-state index contributed by atoms with van der Waals surface area (Å²) in [5.41, 5.74) is 10.7. The Kier molecular flexibility index (Phi) is 4.11. The molecule has 0 heterocycles. The molecule has 0 radical (unpaired) electrons. The van der Waals surface area contributed by atoms with Crippen molar-refractivity contribution in [2.24, 2.45) is 17.6 Å². The minimum Gasteiger partial charge on any atom is -0.327 e. The summed E-state index contributed by atoms with van der Waals surface area (Å²) in [5.74, 6) is 2.19. The summed E-state index contributed by atoms with van der Waals surface area (Å²) in [6.45, 7) is 9.15. The van der Waals surface area contributed by atoms with Gasteiger partial charge in [-0.1, -0.05) is 32.0 Å². The van der Waals surface area contributed by atoms with Crippen molar-refractivity contribution in [3.8, 4) is 0 Å². The molecule has 0 amide bonds. The Morgan fingerprint density at radius 1 is 1.17 bits per heavy atom. The molecule has 0 saturated heterocycles. The van der Waals surface area contributed by atoms with E-state index in [2.05, 4.69) is 45.9 Å². The van der Waals surface area contributed by atoms with Gasteiger partial charge in [-0.3, -0.25) is 0 Å². The van der Waals surface area contributed by atoms with Gasteiger partial charge in [0.25, 0.3) is 0 Å². The fraction of sp³-hybridized carbons (Fsp3) is 0.647. The van der Waals surface area contributed by atoms with Crippen LogP contribution in [0, 0.1) is 25.7 Å². The Morgan fingerprint density at radius 2 is 1.89 bits per heavy atom. The van der Waals surface area contributed by atoms with Gasteiger partial charge in [0.05, 0.1) is 0 Å². The zero-order valence-electron chi connectivity index (χ0n) is 12.2. The standard InChI is InChI=1S/C17H27N/c1-11(2)14-8-9-17(18)16(10-14)15-7-5-6-12(3)13(15)4/h5-7,11,14,16-17H,8-10,18H2,1-4H3. The number of hydrogen-bond donors (Lipinski definition) is 1. The van der Waals surface area contributed by atoms with E-state index in [0.29, 0.717) is 12.0 Å². The zero-order chi connectivity index (χ0) is 13.3. The predicted molar refractivity (Wildman–Crippen MR) is 78.8 cm³/mol. The summed E-state index contributed by atoms with van der Waals surface area (Å²) in [6, 6.07) is 7.02. The quantitative estimate of drug-likeness (QED) is 0.831. The van der Waals surface area contributed by atoms with Gasteiger partial charge in [0.1, 0.15) is 0 Å². The Morgan fingerprint density at radius 3 is 2.56 bits per heavy atom. The lowest BCUT2D eigenvalue weighted by atomic mass is 9.70. The van der Waals surface area contributed by atoms with Gasteiger partial charge in [-0.2, -0.15) is 0 Å². The minimum atomic E-state index is 0.348. The fourth-order valence-electron chi connectivity index (χ4n) is 3.37. The highest BCUT2D eigenvalue weighted by Gasteiger charge is 2.31. The second-order valence-electron chi connectivity index (χ2n) is 6.38. The summed E-state index contributed by atoms with van der Waals surface area (Å²) in [4.78, 5) is 0. The number of benzene rings is 1. The van der Waals surface area contributed by atoms with Gasteiger partial charge >= 0.3 is 0 Å². The summed E-state index contributed by atoms with van der Waals surface area (Å²) in [6.07, 6.45) is 3.75. The third-order valence-electron chi connectivity index (χ3n) is 4.93. The fourth-order valence-corrected chi connectivity index (χ4v) is 3.37. The van der Waals surface area contributed by atoms with Crippen molar-refractivity contribution in [1.29, 1.82) is 0 Å². The van der Waals surface area contributed by atoms with Gasteiger partial charge in [0.15, 0.2) is 0 Å². The molecule has 1 fully saturated rings. The van der Waals surface area contributed by atoms with Crippen molar-refractivity contribution in [3.63, 3.8) is 0 Å². The molecule has 1 aliphatic carbocycles. The van der Waals surface area contributed by atoms with Crippen LogP contribution in [0.15, 0.2) is 18.2 Å². The zero-order valence-corrected chi connectivity index (χ0v) is 12.2. The lowest BCUT2D eigenvalue weighted by molar-refractivity contribution is 0.232. The second kappa shape index (κ2) is 5.44. The van der Waals surface area contributed by atoms with Gasteiger partial charge < -0.3 is 5.73 Å². The molecule has 1 nitrogen and oxygen atoms in total. The number of rotatable bonds is 2. The molecule has 1 aliphatic rings. The summed E-state index contributed by atoms with van der Waals surface area (Å²) >= 11 is 0. The Bertz CT molecular complexity index is 408. The van der Waals surface area contributed by atoms with E-state index < -0.39 is 0 Å². The van der Waals surface area contributed by atoms with E-state index in [1.807, 2.05) is 0 Å². The van der Waals surface area contributed by atoms with Crippen LogP contribution in [0.2, 0.25) is 0 Å². The van der Waals surface area contributed by atoms with Crippen LogP contribution in [0.25, 0.3) is 0 Å². The molecule has 1 aromatic rings. The van der Waals surface area contributed by atoms with Crippen LogP contribution in [0.4, 0.5) is 0 Å². The van der Waals surface area contributed by atoms with Crippen LogP contribution in [0.3, 0.4) is 0 Å². The lowest BCUT2D eigenvalue weighted by Crippen LogP contribution is -2.36. The molecule has 100 valence electrons. The molecule has 1 heteroatoms. The number of hydrogen-bond acceptors (Lipinski definition) is 1. The minimum absolute atomic E-state index is 0.348. The van der Waals surface area contributed by atoms with Gasteiger partial charge in [-0.05, 0) is 67.6 Å². The SMILES string of the molecule is Cc1cccc(C2CC(C(C)C)CCC2N)c1C. The summed E-state index contributed by atoms with van der Waals surface area (Å²) in [7, 11) is 0. The first-order chi connectivity index (χ1) is 8.50. The Hall–Kier alpha value is -0.820.